The Kier molecular flexibility index (Phi) is 4.03. The maximum Gasteiger partial charge on any atom is 0.242 e. The molecule has 0 aliphatic carbocycles. The summed E-state index contributed by atoms with van der Waals surface area (Å²) < 4.78 is 5.40. The number of carbonyl (C=O) groups is 1. The molecule has 2 heterocycles. The second kappa shape index (κ2) is 5.94. The summed E-state index contributed by atoms with van der Waals surface area (Å²) in [4.78, 5) is 14.6. The fourth-order valence-electron chi connectivity index (χ4n) is 3.23. The van der Waals surface area contributed by atoms with Crippen LogP contribution in [0, 0.1) is 0 Å². The summed E-state index contributed by atoms with van der Waals surface area (Å²) >= 11 is 0. The van der Waals surface area contributed by atoms with Gasteiger partial charge in [0.05, 0.1) is 13.2 Å². The Bertz CT molecular complexity index is 457. The van der Waals surface area contributed by atoms with Gasteiger partial charge in [-0.15, -0.1) is 0 Å². The molecule has 3 atom stereocenters. The fraction of sp³-hybridized carbons (Fsp3) is 0.562. The largest absolute Gasteiger partial charge is 0.378 e. The topological polar surface area (TPSA) is 41.6 Å². The number of hydrogen-bond acceptors (Lipinski definition) is 3. The molecule has 2 aliphatic rings. The van der Waals surface area contributed by atoms with Gasteiger partial charge < -0.3 is 15.0 Å². The summed E-state index contributed by atoms with van der Waals surface area (Å²) in [7, 11) is 0. The number of carbonyl (C=O) groups excluding carboxylic acids is 1. The molecule has 3 rings (SSSR count). The highest BCUT2D eigenvalue weighted by Gasteiger charge is 2.36. The number of ether oxygens (including phenoxy) is 1. The molecule has 1 N–H and O–H groups in total. The van der Waals surface area contributed by atoms with Crippen LogP contribution in [0.4, 0.5) is 0 Å². The van der Waals surface area contributed by atoms with Gasteiger partial charge in [-0.3, -0.25) is 4.79 Å². The zero-order chi connectivity index (χ0) is 13.9. The molecule has 2 fully saturated rings. The molecule has 1 aromatic rings. The Balaban J connectivity index is 1.67. The fourth-order valence-corrected chi connectivity index (χ4v) is 3.23. The number of likely N-dealkylation sites (tertiary alicyclic amines) is 1. The first-order valence-electron chi connectivity index (χ1n) is 7.42. The molecule has 0 radical (unpaired) electrons. The van der Waals surface area contributed by atoms with E-state index in [1.807, 2.05) is 11.0 Å². The minimum atomic E-state index is -0.166. The van der Waals surface area contributed by atoms with Crippen LogP contribution in [0.5, 0.6) is 0 Å². The highest BCUT2D eigenvalue weighted by atomic mass is 16.5. The van der Waals surface area contributed by atoms with Gasteiger partial charge >= 0.3 is 0 Å². The van der Waals surface area contributed by atoms with Crippen LogP contribution in [0.3, 0.4) is 0 Å². The Labute approximate surface area is 120 Å². The minimum absolute atomic E-state index is 0.166. The molecule has 0 saturated carbocycles. The third-order valence-electron chi connectivity index (χ3n) is 4.35. The van der Waals surface area contributed by atoms with Crippen LogP contribution < -0.4 is 5.32 Å². The molecule has 0 unspecified atom stereocenters. The van der Waals surface area contributed by atoms with Crippen LogP contribution in [0.2, 0.25) is 0 Å². The highest BCUT2D eigenvalue weighted by Crippen LogP contribution is 2.31. The molecule has 2 aliphatic heterocycles. The molecule has 1 amide bonds. The van der Waals surface area contributed by atoms with Crippen molar-refractivity contribution in [2.45, 2.75) is 31.3 Å². The maximum atomic E-state index is 12.6. The number of nitrogens with zero attached hydrogens (tertiary/aromatic N) is 1. The molecule has 4 nitrogen and oxygen atoms in total. The summed E-state index contributed by atoms with van der Waals surface area (Å²) in [6.45, 7) is 4.93. The molecule has 20 heavy (non-hydrogen) atoms. The van der Waals surface area contributed by atoms with Crippen LogP contribution in [-0.4, -0.2) is 49.2 Å². The lowest BCUT2D eigenvalue weighted by Crippen LogP contribution is -2.53. The van der Waals surface area contributed by atoms with E-state index in [1.54, 1.807) is 0 Å². The molecule has 0 bridgehead atoms. The molecule has 108 valence electrons. The average Bonchev–Trinajstić information content (AvgIpc) is 2.90. The molecule has 0 spiro atoms. The van der Waals surface area contributed by atoms with E-state index < -0.39 is 0 Å². The molecular weight excluding hydrogens is 252 g/mol. The summed E-state index contributed by atoms with van der Waals surface area (Å²) in [6, 6.07) is 10.6. The van der Waals surface area contributed by atoms with Crippen molar-refractivity contribution in [1.29, 1.82) is 0 Å². The summed E-state index contributed by atoms with van der Waals surface area (Å²) in [6.07, 6.45) is 1.04. The van der Waals surface area contributed by atoms with Crippen LogP contribution >= 0.6 is 0 Å². The normalized spacial score (nSPS) is 30.4. The Morgan fingerprint density at radius 1 is 1.35 bits per heavy atom. The smallest absolute Gasteiger partial charge is 0.242 e. The van der Waals surface area contributed by atoms with Crippen molar-refractivity contribution in [3.05, 3.63) is 35.9 Å². The zero-order valence-electron chi connectivity index (χ0n) is 11.9. The van der Waals surface area contributed by atoms with Crippen molar-refractivity contribution in [2.24, 2.45) is 0 Å². The predicted molar refractivity (Wildman–Crippen MR) is 77.6 cm³/mol. The van der Waals surface area contributed by atoms with Crippen LogP contribution in [0.25, 0.3) is 0 Å². The first-order valence-corrected chi connectivity index (χ1v) is 7.42. The van der Waals surface area contributed by atoms with Gasteiger partial charge in [0.1, 0.15) is 6.04 Å². The van der Waals surface area contributed by atoms with Crippen LogP contribution in [0.1, 0.15) is 24.8 Å². The molecule has 4 heteroatoms. The summed E-state index contributed by atoms with van der Waals surface area (Å²) in [5, 5.41) is 3.25. The van der Waals surface area contributed by atoms with E-state index in [0.29, 0.717) is 25.2 Å². The summed E-state index contributed by atoms with van der Waals surface area (Å²) in [5.74, 6) is 0.648. The lowest BCUT2D eigenvalue weighted by atomic mass is 9.97. The number of amides is 1. The molecule has 0 aromatic heterocycles. The minimum Gasteiger partial charge on any atom is -0.378 e. The second-order valence-electron chi connectivity index (χ2n) is 5.76. The van der Waals surface area contributed by atoms with E-state index in [-0.39, 0.29) is 11.9 Å². The van der Waals surface area contributed by atoms with E-state index in [2.05, 4.69) is 36.5 Å². The van der Waals surface area contributed by atoms with Gasteiger partial charge in [-0.05, 0) is 18.9 Å². The SMILES string of the molecule is C[C@@H]1C[C@@H](c2ccccc2)CN1C(=O)[C@@H]1COCCN1. The highest BCUT2D eigenvalue weighted by molar-refractivity contribution is 5.82. The van der Waals surface area contributed by atoms with Crippen molar-refractivity contribution >= 4 is 5.91 Å². The number of morpholine rings is 1. The molecular formula is C16H22N2O2. The predicted octanol–water partition coefficient (Wildman–Crippen LogP) is 1.38. The van der Waals surface area contributed by atoms with Gasteiger partial charge in [-0.1, -0.05) is 30.3 Å². The van der Waals surface area contributed by atoms with E-state index in [1.165, 1.54) is 5.56 Å². The van der Waals surface area contributed by atoms with Crippen molar-refractivity contribution in [3.8, 4) is 0 Å². The number of nitrogens with one attached hydrogen (secondary N) is 1. The standard InChI is InChI=1S/C16H22N2O2/c1-12-9-14(13-5-3-2-4-6-13)10-18(12)16(19)15-11-20-8-7-17-15/h2-6,12,14-15,17H,7-11H2,1H3/t12-,14-,15+/m1/s1. The Morgan fingerprint density at radius 2 is 2.15 bits per heavy atom. The summed E-state index contributed by atoms with van der Waals surface area (Å²) in [5.41, 5.74) is 1.34. The van der Waals surface area contributed by atoms with E-state index in [9.17, 15) is 4.79 Å². The first kappa shape index (κ1) is 13.6. The lowest BCUT2D eigenvalue weighted by molar-refractivity contribution is -0.136. The van der Waals surface area contributed by atoms with Crippen molar-refractivity contribution < 1.29 is 9.53 Å². The lowest BCUT2D eigenvalue weighted by Gasteiger charge is -2.29. The Morgan fingerprint density at radius 3 is 2.85 bits per heavy atom. The van der Waals surface area contributed by atoms with Crippen molar-refractivity contribution in [2.75, 3.05) is 26.3 Å². The van der Waals surface area contributed by atoms with Gasteiger partial charge in [0.25, 0.3) is 0 Å². The monoisotopic (exact) mass is 274 g/mol. The number of rotatable bonds is 2. The second-order valence-corrected chi connectivity index (χ2v) is 5.76. The number of benzene rings is 1. The average molecular weight is 274 g/mol. The van der Waals surface area contributed by atoms with Gasteiger partial charge in [0, 0.05) is 25.0 Å². The van der Waals surface area contributed by atoms with Crippen LogP contribution in [-0.2, 0) is 9.53 Å². The maximum absolute atomic E-state index is 12.6. The molecule has 1 aromatic carbocycles. The third kappa shape index (κ3) is 2.72. The number of hydrogen-bond donors (Lipinski definition) is 1. The quantitative estimate of drug-likeness (QED) is 0.886. The van der Waals surface area contributed by atoms with Crippen LogP contribution in [0.15, 0.2) is 30.3 Å². The van der Waals surface area contributed by atoms with Gasteiger partial charge in [0.15, 0.2) is 0 Å². The van der Waals surface area contributed by atoms with E-state index >= 15 is 0 Å². The van der Waals surface area contributed by atoms with Gasteiger partial charge in [-0.2, -0.15) is 0 Å². The van der Waals surface area contributed by atoms with Gasteiger partial charge in [0.2, 0.25) is 5.91 Å². The Hall–Kier alpha value is -1.39. The molecule has 2 saturated heterocycles. The van der Waals surface area contributed by atoms with E-state index in [0.717, 1.165) is 19.5 Å². The third-order valence-corrected chi connectivity index (χ3v) is 4.35. The first-order chi connectivity index (χ1) is 9.75. The van der Waals surface area contributed by atoms with Gasteiger partial charge in [-0.25, -0.2) is 0 Å². The zero-order valence-corrected chi connectivity index (χ0v) is 11.9. The van der Waals surface area contributed by atoms with Crippen molar-refractivity contribution in [3.63, 3.8) is 0 Å². The van der Waals surface area contributed by atoms with Crippen molar-refractivity contribution in [1.82, 2.24) is 10.2 Å². The van der Waals surface area contributed by atoms with E-state index in [4.69, 9.17) is 4.74 Å².